The van der Waals surface area contributed by atoms with Crippen LogP contribution < -0.4 is 0 Å². The van der Waals surface area contributed by atoms with Crippen molar-refractivity contribution < 1.29 is 4.79 Å². The van der Waals surface area contributed by atoms with Crippen LogP contribution in [0, 0.1) is 0 Å². The summed E-state index contributed by atoms with van der Waals surface area (Å²) in [6.07, 6.45) is 1.02. The Balaban J connectivity index is 0.000000236. The fraction of sp³-hybridized carbons (Fsp3) is 0.350. The van der Waals surface area contributed by atoms with E-state index in [4.69, 9.17) is 23.2 Å². The Morgan fingerprint density at radius 2 is 1.48 bits per heavy atom. The first-order chi connectivity index (χ1) is 11.8. The first kappa shape index (κ1) is 19.8. The van der Waals surface area contributed by atoms with Gasteiger partial charge in [0.2, 0.25) is 5.91 Å². The normalized spacial score (nSPS) is 18.4. The van der Waals surface area contributed by atoms with E-state index in [2.05, 4.69) is 43.3 Å². The van der Waals surface area contributed by atoms with Crippen molar-refractivity contribution in [1.29, 1.82) is 0 Å². The van der Waals surface area contributed by atoms with Gasteiger partial charge in [0.15, 0.2) is 0 Å². The third kappa shape index (κ3) is 4.75. The summed E-state index contributed by atoms with van der Waals surface area (Å²) in [7, 11) is 6.06. The van der Waals surface area contributed by atoms with Gasteiger partial charge < -0.3 is 9.80 Å². The molecule has 2 unspecified atom stereocenters. The summed E-state index contributed by atoms with van der Waals surface area (Å²) in [5.41, 5.74) is 2.66. The van der Waals surface area contributed by atoms with E-state index in [9.17, 15) is 4.79 Å². The van der Waals surface area contributed by atoms with Crippen LogP contribution in [-0.4, -0.2) is 42.9 Å². The molecule has 0 heterocycles. The highest BCUT2D eigenvalue weighted by atomic mass is 35.5. The molecule has 2 aromatic rings. The molecule has 134 valence electrons. The number of nitrogens with zero attached hydrogens (tertiary/aromatic N) is 2. The summed E-state index contributed by atoms with van der Waals surface area (Å²) in [6, 6.07) is 16.2. The van der Waals surface area contributed by atoms with Crippen molar-refractivity contribution in [1.82, 2.24) is 9.80 Å². The van der Waals surface area contributed by atoms with E-state index in [-0.39, 0.29) is 11.9 Å². The summed E-state index contributed by atoms with van der Waals surface area (Å²) >= 11 is 11.2. The van der Waals surface area contributed by atoms with E-state index in [0.29, 0.717) is 16.1 Å². The molecular weight excluding hydrogens is 355 g/mol. The number of benzene rings is 2. The van der Waals surface area contributed by atoms with Gasteiger partial charge in [-0.25, -0.2) is 0 Å². The molecule has 1 amide bonds. The van der Waals surface area contributed by atoms with Crippen LogP contribution in [-0.2, 0) is 11.2 Å². The molecule has 0 saturated carbocycles. The zero-order valence-electron chi connectivity index (χ0n) is 15.0. The molecule has 0 N–H and O–H groups in total. The van der Waals surface area contributed by atoms with E-state index in [1.54, 1.807) is 19.1 Å². The lowest BCUT2D eigenvalue weighted by atomic mass is 10.1. The molecule has 0 saturated heterocycles. The average Bonchev–Trinajstić information content (AvgIpc) is 2.97. The predicted octanol–water partition coefficient (Wildman–Crippen LogP) is 4.69. The maximum absolute atomic E-state index is 11.6. The standard InChI is InChI=1S/C14H20N2O.C6H4Cl2/c1-10(17)16(4)14-12-8-6-5-7-11(12)9-13(14)15(2)3;7-5-3-1-2-4-6(5)8/h5-8,13-14H,9H2,1-4H3;1-4H. The third-order valence-corrected chi connectivity index (χ3v) is 5.32. The lowest BCUT2D eigenvalue weighted by Crippen LogP contribution is -2.41. The number of rotatable bonds is 2. The Hall–Kier alpha value is -1.55. The molecule has 0 radical (unpaired) electrons. The quantitative estimate of drug-likeness (QED) is 0.756. The Labute approximate surface area is 160 Å². The van der Waals surface area contributed by atoms with Gasteiger partial charge in [0.1, 0.15) is 0 Å². The second-order valence-corrected chi connectivity index (χ2v) is 7.24. The van der Waals surface area contributed by atoms with Gasteiger partial charge in [-0.3, -0.25) is 4.79 Å². The second kappa shape index (κ2) is 8.70. The van der Waals surface area contributed by atoms with Crippen LogP contribution in [0.4, 0.5) is 0 Å². The number of hydrogen-bond acceptors (Lipinski definition) is 2. The molecule has 3 nitrogen and oxygen atoms in total. The van der Waals surface area contributed by atoms with E-state index in [1.165, 1.54) is 11.1 Å². The number of likely N-dealkylation sites (N-methyl/N-ethyl adjacent to an activating group) is 2. The van der Waals surface area contributed by atoms with E-state index in [1.807, 2.05) is 24.1 Å². The largest absolute Gasteiger partial charge is 0.337 e. The van der Waals surface area contributed by atoms with Gasteiger partial charge >= 0.3 is 0 Å². The summed E-state index contributed by atoms with van der Waals surface area (Å²) in [5.74, 6) is 0.124. The first-order valence-electron chi connectivity index (χ1n) is 8.20. The highest BCUT2D eigenvalue weighted by molar-refractivity contribution is 6.41. The summed E-state index contributed by atoms with van der Waals surface area (Å²) in [4.78, 5) is 15.7. The number of carbonyl (C=O) groups excluding carboxylic acids is 1. The highest BCUT2D eigenvalue weighted by Crippen LogP contribution is 2.37. The lowest BCUT2D eigenvalue weighted by molar-refractivity contribution is -0.130. The van der Waals surface area contributed by atoms with Crippen LogP contribution in [0.5, 0.6) is 0 Å². The topological polar surface area (TPSA) is 23.6 Å². The van der Waals surface area contributed by atoms with Crippen molar-refractivity contribution in [3.63, 3.8) is 0 Å². The number of carbonyl (C=O) groups is 1. The minimum Gasteiger partial charge on any atom is -0.337 e. The second-order valence-electron chi connectivity index (χ2n) is 6.42. The molecule has 0 bridgehead atoms. The minimum atomic E-state index is 0.124. The zero-order chi connectivity index (χ0) is 18.6. The molecular formula is C20H24Cl2N2O. The van der Waals surface area contributed by atoms with Crippen molar-refractivity contribution in [2.75, 3.05) is 21.1 Å². The average molecular weight is 379 g/mol. The zero-order valence-corrected chi connectivity index (χ0v) is 16.6. The molecule has 25 heavy (non-hydrogen) atoms. The molecule has 3 rings (SSSR count). The van der Waals surface area contributed by atoms with Crippen LogP contribution >= 0.6 is 23.2 Å². The molecule has 1 aliphatic carbocycles. The Morgan fingerprint density at radius 1 is 0.960 bits per heavy atom. The highest BCUT2D eigenvalue weighted by Gasteiger charge is 2.37. The predicted molar refractivity (Wildman–Crippen MR) is 105 cm³/mol. The molecule has 0 aliphatic heterocycles. The third-order valence-electron chi connectivity index (χ3n) is 4.57. The van der Waals surface area contributed by atoms with E-state index in [0.717, 1.165) is 6.42 Å². The molecule has 1 aliphatic rings. The summed E-state index contributed by atoms with van der Waals surface area (Å²) in [6.45, 7) is 1.63. The number of halogens is 2. The molecule has 0 aromatic heterocycles. The molecule has 2 atom stereocenters. The molecule has 5 heteroatoms. The van der Waals surface area contributed by atoms with Crippen LogP contribution in [0.25, 0.3) is 0 Å². The smallest absolute Gasteiger partial charge is 0.219 e. The van der Waals surface area contributed by atoms with Crippen molar-refractivity contribution in [2.45, 2.75) is 25.4 Å². The maximum Gasteiger partial charge on any atom is 0.219 e. The molecule has 0 spiro atoms. The fourth-order valence-corrected chi connectivity index (χ4v) is 3.39. The summed E-state index contributed by atoms with van der Waals surface area (Å²) < 4.78 is 0. The SMILES string of the molecule is CC(=O)N(C)C1c2ccccc2CC1N(C)C.Clc1ccccc1Cl. The Morgan fingerprint density at radius 3 is 1.96 bits per heavy atom. The van der Waals surface area contributed by atoms with E-state index >= 15 is 0 Å². The monoisotopic (exact) mass is 378 g/mol. The molecule has 2 aromatic carbocycles. The van der Waals surface area contributed by atoms with Gasteiger partial charge in [-0.2, -0.15) is 0 Å². The van der Waals surface area contributed by atoms with Gasteiger partial charge in [0, 0.05) is 20.0 Å². The first-order valence-corrected chi connectivity index (χ1v) is 8.96. The Bertz CT molecular complexity index is 712. The van der Waals surface area contributed by atoms with Crippen molar-refractivity contribution in [2.24, 2.45) is 0 Å². The van der Waals surface area contributed by atoms with Crippen LogP contribution in [0.15, 0.2) is 48.5 Å². The van der Waals surface area contributed by atoms with Crippen molar-refractivity contribution >= 4 is 29.1 Å². The Kier molecular flexibility index (Phi) is 6.88. The number of fused-ring (bicyclic) bond motifs is 1. The summed E-state index contributed by atoms with van der Waals surface area (Å²) in [5, 5.41) is 1.21. The molecule has 0 fully saturated rings. The van der Waals surface area contributed by atoms with Gasteiger partial charge in [-0.1, -0.05) is 59.6 Å². The van der Waals surface area contributed by atoms with Gasteiger partial charge in [0.25, 0.3) is 0 Å². The van der Waals surface area contributed by atoms with Crippen LogP contribution in [0.3, 0.4) is 0 Å². The van der Waals surface area contributed by atoms with Crippen LogP contribution in [0.2, 0.25) is 10.0 Å². The number of amides is 1. The number of hydrogen-bond donors (Lipinski definition) is 0. The van der Waals surface area contributed by atoms with Crippen molar-refractivity contribution in [3.8, 4) is 0 Å². The maximum atomic E-state index is 11.6. The van der Waals surface area contributed by atoms with Crippen molar-refractivity contribution in [3.05, 3.63) is 69.7 Å². The van der Waals surface area contributed by atoms with Crippen LogP contribution in [0.1, 0.15) is 24.1 Å². The fourth-order valence-electron chi connectivity index (χ4n) is 3.12. The lowest BCUT2D eigenvalue weighted by Gasteiger charge is -2.33. The van der Waals surface area contributed by atoms with Gasteiger partial charge in [-0.15, -0.1) is 0 Å². The van der Waals surface area contributed by atoms with Gasteiger partial charge in [0.05, 0.1) is 16.1 Å². The minimum absolute atomic E-state index is 0.124. The van der Waals surface area contributed by atoms with E-state index < -0.39 is 0 Å². The van der Waals surface area contributed by atoms with Gasteiger partial charge in [-0.05, 0) is 43.8 Å².